The van der Waals surface area contributed by atoms with Crippen LogP contribution in [0.2, 0.25) is 0 Å². The molecule has 0 aliphatic carbocycles. The zero-order valence-corrected chi connectivity index (χ0v) is 9.26. The van der Waals surface area contributed by atoms with E-state index in [-0.39, 0.29) is 5.69 Å². The highest BCUT2D eigenvalue weighted by Crippen LogP contribution is 2.14. The molecule has 1 aliphatic rings. The summed E-state index contributed by atoms with van der Waals surface area (Å²) in [7, 11) is 0. The van der Waals surface area contributed by atoms with Gasteiger partial charge in [-0.1, -0.05) is 12.8 Å². The minimum atomic E-state index is -1.30. The number of carboxylic acids is 1. The molecule has 0 saturated carbocycles. The maximum absolute atomic E-state index is 12.0. The minimum Gasteiger partial charge on any atom is -0.476 e. The number of aromatic nitrogens is 2. The Kier molecular flexibility index (Phi) is 3.36. The van der Waals surface area contributed by atoms with E-state index >= 15 is 0 Å². The predicted molar refractivity (Wildman–Crippen MR) is 55.6 cm³/mol. The molecule has 1 N–H and O–H groups in total. The Morgan fingerprint density at radius 2 is 1.65 bits per heavy atom. The molecule has 1 aliphatic heterocycles. The Morgan fingerprint density at radius 3 is 2.24 bits per heavy atom. The zero-order valence-electron chi connectivity index (χ0n) is 9.26. The van der Waals surface area contributed by atoms with E-state index in [0.717, 1.165) is 25.7 Å². The third kappa shape index (κ3) is 2.43. The Morgan fingerprint density at radius 1 is 1.06 bits per heavy atom. The molecule has 1 amide bonds. The second-order valence-corrected chi connectivity index (χ2v) is 3.97. The van der Waals surface area contributed by atoms with Gasteiger partial charge in [0, 0.05) is 13.1 Å². The van der Waals surface area contributed by atoms with Gasteiger partial charge in [0.25, 0.3) is 5.91 Å². The highest BCUT2D eigenvalue weighted by Gasteiger charge is 2.27. The molecule has 2 heterocycles. The van der Waals surface area contributed by atoms with Crippen LogP contribution in [0, 0.1) is 0 Å². The lowest BCUT2D eigenvalue weighted by Gasteiger charge is -2.18. The van der Waals surface area contributed by atoms with E-state index in [4.69, 9.17) is 5.11 Å². The number of rotatable bonds is 2. The minimum absolute atomic E-state index is 0.209. The fourth-order valence-electron chi connectivity index (χ4n) is 1.89. The van der Waals surface area contributed by atoms with Gasteiger partial charge in [-0.3, -0.25) is 4.79 Å². The maximum atomic E-state index is 12.0. The number of carboxylic acid groups (broad SMARTS) is 1. The molecule has 7 nitrogen and oxygen atoms in total. The number of carbonyl (C=O) groups excluding carboxylic acids is 1. The molecule has 0 aromatic carbocycles. The number of likely N-dealkylation sites (tertiary alicyclic amines) is 1. The second kappa shape index (κ2) is 4.94. The predicted octanol–water partition coefficient (Wildman–Crippen LogP) is 0.784. The number of nitrogens with zero attached hydrogens (tertiary/aromatic N) is 3. The summed E-state index contributed by atoms with van der Waals surface area (Å²) < 4.78 is 4.32. The second-order valence-electron chi connectivity index (χ2n) is 3.97. The molecule has 0 atom stereocenters. The molecule has 2 rings (SSSR count). The summed E-state index contributed by atoms with van der Waals surface area (Å²) in [6, 6.07) is 0. The summed E-state index contributed by atoms with van der Waals surface area (Å²) in [6.45, 7) is 1.26. The molecule has 0 spiro atoms. The van der Waals surface area contributed by atoms with Crippen molar-refractivity contribution in [3.05, 3.63) is 11.4 Å². The average Bonchev–Trinajstić information content (AvgIpc) is 2.64. The van der Waals surface area contributed by atoms with Gasteiger partial charge in [0.15, 0.2) is 0 Å². The standard InChI is InChI=1S/C10H13N3O4/c14-9(13-5-3-1-2-4-6-13)7-8(10(15)16)12-17-11-7/h1-6H2,(H,15,16). The molecule has 1 fully saturated rings. The van der Waals surface area contributed by atoms with Crippen LogP contribution in [0.5, 0.6) is 0 Å². The van der Waals surface area contributed by atoms with Crippen molar-refractivity contribution < 1.29 is 19.3 Å². The van der Waals surface area contributed by atoms with Crippen LogP contribution < -0.4 is 0 Å². The van der Waals surface area contributed by atoms with Crippen LogP contribution in [0.3, 0.4) is 0 Å². The third-order valence-electron chi connectivity index (χ3n) is 2.79. The van der Waals surface area contributed by atoms with E-state index in [9.17, 15) is 9.59 Å². The van der Waals surface area contributed by atoms with Gasteiger partial charge in [-0.2, -0.15) is 0 Å². The molecule has 7 heteroatoms. The van der Waals surface area contributed by atoms with Gasteiger partial charge in [-0.05, 0) is 23.2 Å². The van der Waals surface area contributed by atoms with Crippen molar-refractivity contribution >= 4 is 11.9 Å². The van der Waals surface area contributed by atoms with Gasteiger partial charge in [0.1, 0.15) is 0 Å². The first-order valence-electron chi connectivity index (χ1n) is 5.55. The first kappa shape index (κ1) is 11.6. The summed E-state index contributed by atoms with van der Waals surface area (Å²) in [4.78, 5) is 24.5. The van der Waals surface area contributed by atoms with Crippen LogP contribution in [0.4, 0.5) is 0 Å². The van der Waals surface area contributed by atoms with Crippen molar-refractivity contribution in [2.45, 2.75) is 25.7 Å². The Bertz CT molecular complexity index is 421. The van der Waals surface area contributed by atoms with Crippen molar-refractivity contribution in [3.8, 4) is 0 Å². The maximum Gasteiger partial charge on any atom is 0.360 e. The molecule has 1 aromatic heterocycles. The lowest BCUT2D eigenvalue weighted by molar-refractivity contribution is 0.0668. The third-order valence-corrected chi connectivity index (χ3v) is 2.79. The quantitative estimate of drug-likeness (QED) is 0.819. The lowest BCUT2D eigenvalue weighted by Crippen LogP contribution is -2.33. The lowest BCUT2D eigenvalue weighted by atomic mass is 10.2. The zero-order chi connectivity index (χ0) is 12.3. The van der Waals surface area contributed by atoms with E-state index in [1.54, 1.807) is 4.90 Å². The first-order valence-corrected chi connectivity index (χ1v) is 5.55. The monoisotopic (exact) mass is 239 g/mol. The summed E-state index contributed by atoms with van der Waals surface area (Å²) in [6.07, 6.45) is 4.04. The molecule has 92 valence electrons. The highest BCUT2D eigenvalue weighted by molar-refractivity contribution is 6.01. The fraction of sp³-hybridized carbons (Fsp3) is 0.600. The first-order chi connectivity index (χ1) is 8.20. The highest BCUT2D eigenvalue weighted by atomic mass is 16.6. The molecular formula is C10H13N3O4. The number of aromatic carboxylic acids is 1. The van der Waals surface area contributed by atoms with Crippen molar-refractivity contribution in [1.82, 2.24) is 15.2 Å². The van der Waals surface area contributed by atoms with Gasteiger partial charge >= 0.3 is 5.97 Å². The summed E-state index contributed by atoms with van der Waals surface area (Å²) in [5, 5.41) is 15.4. The molecule has 0 unspecified atom stereocenters. The molecule has 1 aromatic rings. The van der Waals surface area contributed by atoms with E-state index in [2.05, 4.69) is 14.9 Å². The number of amides is 1. The SMILES string of the molecule is O=C(O)c1nonc1C(=O)N1CCCCCC1. The Balaban J connectivity index is 2.17. The summed E-state index contributed by atoms with van der Waals surface area (Å²) in [5.74, 6) is -1.71. The number of hydrogen-bond donors (Lipinski definition) is 1. The van der Waals surface area contributed by atoms with E-state index in [1.165, 1.54) is 0 Å². The van der Waals surface area contributed by atoms with Crippen LogP contribution in [0.25, 0.3) is 0 Å². The van der Waals surface area contributed by atoms with Crippen LogP contribution in [-0.4, -0.2) is 45.3 Å². The van der Waals surface area contributed by atoms with E-state index < -0.39 is 17.6 Å². The smallest absolute Gasteiger partial charge is 0.360 e. The van der Waals surface area contributed by atoms with Gasteiger partial charge in [0.05, 0.1) is 0 Å². The van der Waals surface area contributed by atoms with Crippen molar-refractivity contribution in [1.29, 1.82) is 0 Å². The number of hydrogen-bond acceptors (Lipinski definition) is 5. The largest absolute Gasteiger partial charge is 0.476 e. The van der Waals surface area contributed by atoms with E-state index in [0.29, 0.717) is 13.1 Å². The normalized spacial score (nSPS) is 16.6. The van der Waals surface area contributed by atoms with Gasteiger partial charge < -0.3 is 10.0 Å². The Hall–Kier alpha value is -1.92. The molecule has 17 heavy (non-hydrogen) atoms. The van der Waals surface area contributed by atoms with Crippen molar-refractivity contribution in [2.24, 2.45) is 0 Å². The van der Waals surface area contributed by atoms with Crippen molar-refractivity contribution in [3.63, 3.8) is 0 Å². The van der Waals surface area contributed by atoms with Crippen LogP contribution >= 0.6 is 0 Å². The topological polar surface area (TPSA) is 96.5 Å². The van der Waals surface area contributed by atoms with E-state index in [1.807, 2.05) is 0 Å². The fourth-order valence-corrected chi connectivity index (χ4v) is 1.89. The van der Waals surface area contributed by atoms with Gasteiger partial charge in [0.2, 0.25) is 11.4 Å². The molecular weight excluding hydrogens is 226 g/mol. The van der Waals surface area contributed by atoms with Crippen LogP contribution in [0.1, 0.15) is 46.7 Å². The number of carbonyl (C=O) groups is 2. The van der Waals surface area contributed by atoms with Crippen molar-refractivity contribution in [2.75, 3.05) is 13.1 Å². The molecule has 1 saturated heterocycles. The van der Waals surface area contributed by atoms with Gasteiger partial charge in [-0.25, -0.2) is 9.42 Å². The Labute approximate surface area is 97.4 Å². The molecule has 0 bridgehead atoms. The summed E-state index contributed by atoms with van der Waals surface area (Å²) in [5.41, 5.74) is -0.626. The molecule has 0 radical (unpaired) electrons. The summed E-state index contributed by atoms with van der Waals surface area (Å²) >= 11 is 0. The van der Waals surface area contributed by atoms with Gasteiger partial charge in [-0.15, -0.1) is 0 Å². The van der Waals surface area contributed by atoms with Crippen LogP contribution in [0.15, 0.2) is 4.63 Å². The average molecular weight is 239 g/mol. The van der Waals surface area contributed by atoms with Crippen LogP contribution in [-0.2, 0) is 0 Å².